The third kappa shape index (κ3) is 4.99. The average Bonchev–Trinajstić information content (AvgIpc) is 3.07. The molecule has 0 saturated heterocycles. The average molecular weight is 333 g/mol. The zero-order valence-electron chi connectivity index (χ0n) is 13.8. The van der Waals surface area contributed by atoms with Crippen LogP contribution in [0.25, 0.3) is 0 Å². The fourth-order valence-electron chi connectivity index (χ4n) is 2.45. The van der Waals surface area contributed by atoms with Gasteiger partial charge in [0.25, 0.3) is 0 Å². The van der Waals surface area contributed by atoms with Crippen LogP contribution >= 0.6 is 11.3 Å². The monoisotopic (exact) mass is 333 g/mol. The highest BCUT2D eigenvalue weighted by Gasteiger charge is 2.15. The van der Waals surface area contributed by atoms with Crippen molar-refractivity contribution in [2.24, 2.45) is 0 Å². The van der Waals surface area contributed by atoms with Gasteiger partial charge in [-0.2, -0.15) is 0 Å². The lowest BCUT2D eigenvalue weighted by Gasteiger charge is -2.18. The zero-order chi connectivity index (χ0) is 16.7. The van der Waals surface area contributed by atoms with Gasteiger partial charge in [-0.3, -0.25) is 4.79 Å². The van der Waals surface area contributed by atoms with Gasteiger partial charge in [-0.1, -0.05) is 6.07 Å². The Labute approximate surface area is 141 Å². The molecule has 1 N–H and O–H groups in total. The molecule has 0 aliphatic heterocycles. The molecule has 2 aromatic rings. The molecule has 1 aromatic heterocycles. The van der Waals surface area contributed by atoms with Crippen LogP contribution < -0.4 is 14.8 Å². The van der Waals surface area contributed by atoms with Crippen LogP contribution in [0.4, 0.5) is 0 Å². The number of carbonyl (C=O) groups excluding carboxylic acids is 1. The smallest absolute Gasteiger partial charge is 0.220 e. The maximum Gasteiger partial charge on any atom is 0.220 e. The zero-order valence-corrected chi connectivity index (χ0v) is 14.6. The molecule has 0 spiro atoms. The largest absolute Gasteiger partial charge is 0.497 e. The number of ether oxygens (including phenoxy) is 2. The summed E-state index contributed by atoms with van der Waals surface area (Å²) >= 11 is 1.73. The lowest BCUT2D eigenvalue weighted by Crippen LogP contribution is -2.26. The van der Waals surface area contributed by atoms with Crippen molar-refractivity contribution in [2.75, 3.05) is 14.2 Å². The maximum absolute atomic E-state index is 12.1. The number of carbonyl (C=O) groups is 1. The Morgan fingerprint density at radius 3 is 2.74 bits per heavy atom. The summed E-state index contributed by atoms with van der Waals surface area (Å²) in [4.78, 5) is 13.4. The number of benzene rings is 1. The molecule has 1 heterocycles. The van der Waals surface area contributed by atoms with Gasteiger partial charge in [0.2, 0.25) is 5.91 Å². The maximum atomic E-state index is 12.1. The lowest BCUT2D eigenvalue weighted by atomic mass is 10.1. The second-order valence-electron chi connectivity index (χ2n) is 5.33. The number of nitrogens with one attached hydrogen (secondary N) is 1. The van der Waals surface area contributed by atoms with Crippen molar-refractivity contribution < 1.29 is 14.3 Å². The van der Waals surface area contributed by atoms with Crippen molar-refractivity contribution in [1.29, 1.82) is 0 Å². The van der Waals surface area contributed by atoms with E-state index in [1.165, 1.54) is 4.88 Å². The van der Waals surface area contributed by atoms with Gasteiger partial charge < -0.3 is 14.8 Å². The van der Waals surface area contributed by atoms with Gasteiger partial charge in [0, 0.05) is 16.9 Å². The minimum absolute atomic E-state index is 0.0546. The van der Waals surface area contributed by atoms with Crippen LogP contribution in [0, 0.1) is 0 Å². The molecule has 1 amide bonds. The predicted octanol–water partition coefficient (Wildman–Crippen LogP) is 3.97. The third-order valence-corrected chi connectivity index (χ3v) is 4.62. The van der Waals surface area contributed by atoms with Gasteiger partial charge in [0.15, 0.2) is 0 Å². The Hall–Kier alpha value is -2.01. The minimum atomic E-state index is -0.130. The highest BCUT2D eigenvalue weighted by atomic mass is 32.1. The van der Waals surface area contributed by atoms with E-state index >= 15 is 0 Å². The van der Waals surface area contributed by atoms with E-state index in [-0.39, 0.29) is 11.9 Å². The molecule has 0 bridgehead atoms. The molecular formula is C18H23NO3S. The first-order chi connectivity index (χ1) is 11.1. The van der Waals surface area contributed by atoms with Gasteiger partial charge in [-0.05, 0) is 49.4 Å². The topological polar surface area (TPSA) is 47.6 Å². The molecule has 0 unspecified atom stereocenters. The molecule has 0 aliphatic rings. The van der Waals surface area contributed by atoms with E-state index in [9.17, 15) is 4.79 Å². The molecule has 2 rings (SSSR count). The number of hydrogen-bond donors (Lipinski definition) is 1. The summed E-state index contributed by atoms with van der Waals surface area (Å²) in [6.45, 7) is 1.95. The van der Waals surface area contributed by atoms with Gasteiger partial charge >= 0.3 is 0 Å². The highest BCUT2D eigenvalue weighted by molar-refractivity contribution is 7.09. The van der Waals surface area contributed by atoms with Crippen LogP contribution in [0.5, 0.6) is 11.5 Å². The van der Waals surface area contributed by atoms with E-state index in [0.29, 0.717) is 6.42 Å². The van der Waals surface area contributed by atoms with Crippen molar-refractivity contribution in [3.05, 3.63) is 46.2 Å². The fraction of sp³-hybridized carbons (Fsp3) is 0.389. The van der Waals surface area contributed by atoms with E-state index in [1.54, 1.807) is 25.6 Å². The van der Waals surface area contributed by atoms with E-state index < -0.39 is 0 Å². The summed E-state index contributed by atoms with van der Waals surface area (Å²) in [6.07, 6.45) is 2.32. The molecule has 0 radical (unpaired) electrons. The number of hydrogen-bond acceptors (Lipinski definition) is 4. The van der Waals surface area contributed by atoms with Gasteiger partial charge in [0.05, 0.1) is 20.3 Å². The molecule has 124 valence electrons. The first kappa shape index (κ1) is 17.3. The summed E-state index contributed by atoms with van der Waals surface area (Å²) in [5.41, 5.74) is 0.915. The van der Waals surface area contributed by atoms with Crippen molar-refractivity contribution in [2.45, 2.75) is 32.2 Å². The van der Waals surface area contributed by atoms with Gasteiger partial charge in [-0.25, -0.2) is 0 Å². The molecule has 0 fully saturated rings. The highest BCUT2D eigenvalue weighted by Crippen LogP contribution is 2.29. The minimum Gasteiger partial charge on any atom is -0.497 e. The molecule has 0 saturated carbocycles. The van der Waals surface area contributed by atoms with Gasteiger partial charge in [-0.15, -0.1) is 11.3 Å². The number of aryl methyl sites for hydroxylation is 1. The molecule has 5 heteroatoms. The van der Waals surface area contributed by atoms with Crippen molar-refractivity contribution in [3.63, 3.8) is 0 Å². The van der Waals surface area contributed by atoms with Crippen LogP contribution in [0.15, 0.2) is 35.7 Å². The van der Waals surface area contributed by atoms with E-state index in [4.69, 9.17) is 9.47 Å². The number of rotatable bonds is 8. The van der Waals surface area contributed by atoms with Gasteiger partial charge in [0.1, 0.15) is 11.5 Å². The van der Waals surface area contributed by atoms with Crippen LogP contribution in [0.2, 0.25) is 0 Å². The predicted molar refractivity (Wildman–Crippen MR) is 93.4 cm³/mol. The Kier molecular flexibility index (Phi) is 6.47. The van der Waals surface area contributed by atoms with Crippen molar-refractivity contribution in [1.82, 2.24) is 5.32 Å². The van der Waals surface area contributed by atoms with E-state index in [2.05, 4.69) is 16.8 Å². The summed E-state index contributed by atoms with van der Waals surface area (Å²) in [5, 5.41) is 5.09. The third-order valence-electron chi connectivity index (χ3n) is 3.69. The number of methoxy groups -OCH3 is 2. The van der Waals surface area contributed by atoms with Crippen molar-refractivity contribution >= 4 is 17.2 Å². The Morgan fingerprint density at radius 1 is 1.26 bits per heavy atom. The second-order valence-corrected chi connectivity index (χ2v) is 6.36. The van der Waals surface area contributed by atoms with Crippen molar-refractivity contribution in [3.8, 4) is 11.5 Å². The first-order valence-electron chi connectivity index (χ1n) is 7.67. The number of amides is 1. The summed E-state index contributed by atoms with van der Waals surface area (Å²) in [5.74, 6) is 1.55. The summed E-state index contributed by atoms with van der Waals surface area (Å²) in [6, 6.07) is 9.61. The lowest BCUT2D eigenvalue weighted by molar-refractivity contribution is -0.121. The van der Waals surface area contributed by atoms with E-state index in [1.807, 2.05) is 31.2 Å². The Balaban J connectivity index is 1.90. The first-order valence-corrected chi connectivity index (χ1v) is 8.55. The number of thiophene rings is 1. The normalized spacial score (nSPS) is 11.8. The fourth-order valence-corrected chi connectivity index (χ4v) is 3.20. The summed E-state index contributed by atoms with van der Waals surface area (Å²) in [7, 11) is 3.25. The second kappa shape index (κ2) is 8.58. The summed E-state index contributed by atoms with van der Waals surface area (Å²) < 4.78 is 10.6. The molecule has 4 nitrogen and oxygen atoms in total. The SMILES string of the molecule is COc1ccc(OC)c([C@H](C)NC(=O)CCCc2cccs2)c1. The molecule has 23 heavy (non-hydrogen) atoms. The molecule has 1 aromatic carbocycles. The quantitative estimate of drug-likeness (QED) is 0.795. The Bertz CT molecular complexity index is 625. The molecular weight excluding hydrogens is 310 g/mol. The van der Waals surface area contributed by atoms with Crippen LogP contribution in [-0.4, -0.2) is 20.1 Å². The van der Waals surface area contributed by atoms with E-state index in [0.717, 1.165) is 29.9 Å². The standard InChI is InChI=1S/C18H23NO3S/c1-13(16-12-14(21-2)9-10-17(16)22-3)19-18(20)8-4-6-15-7-5-11-23-15/h5,7,9-13H,4,6,8H2,1-3H3,(H,19,20)/t13-/m0/s1. The molecule has 0 aliphatic carbocycles. The van der Waals surface area contributed by atoms with Crippen LogP contribution in [0.1, 0.15) is 36.2 Å². The Morgan fingerprint density at radius 2 is 2.09 bits per heavy atom. The van der Waals surface area contributed by atoms with Crippen LogP contribution in [0.3, 0.4) is 0 Å². The molecule has 1 atom stereocenters. The van der Waals surface area contributed by atoms with Crippen LogP contribution in [-0.2, 0) is 11.2 Å².